The van der Waals surface area contributed by atoms with Crippen molar-refractivity contribution in [1.29, 1.82) is 0 Å². The zero-order chi connectivity index (χ0) is 24.0. The molecule has 1 saturated heterocycles. The first-order chi connectivity index (χ1) is 17.2. The standard InChI is InChI=1S/C29H27FN2O3/c30-26-9-7-21(8-10-26)20-35-27-6-2-4-24(16-27)29(33)32-13-14-34-19-22(18-32)15-23-3-1-5-25-17-31-12-11-28(23)25/h1-12,16-17,22H,13-15,18-20H2/t22-/m0/s1. The van der Waals surface area contributed by atoms with Crippen LogP contribution in [-0.2, 0) is 17.8 Å². The van der Waals surface area contributed by atoms with Crippen molar-refractivity contribution in [3.8, 4) is 5.75 Å². The number of nitrogens with zero attached hydrogens (tertiary/aromatic N) is 2. The van der Waals surface area contributed by atoms with E-state index in [4.69, 9.17) is 9.47 Å². The number of rotatable bonds is 6. The average Bonchev–Trinajstić information content (AvgIpc) is 3.14. The van der Waals surface area contributed by atoms with E-state index < -0.39 is 0 Å². The number of pyridine rings is 1. The van der Waals surface area contributed by atoms with Crippen LogP contribution in [0.25, 0.3) is 10.8 Å². The molecule has 0 radical (unpaired) electrons. The molecule has 2 heterocycles. The molecule has 0 unspecified atom stereocenters. The molecule has 0 N–H and O–H groups in total. The van der Waals surface area contributed by atoms with E-state index in [0.717, 1.165) is 17.4 Å². The minimum absolute atomic E-state index is 0.0325. The van der Waals surface area contributed by atoms with Crippen molar-refractivity contribution in [2.45, 2.75) is 13.0 Å². The Hall–Kier alpha value is -3.77. The molecule has 1 amide bonds. The normalized spacial score (nSPS) is 16.1. The van der Waals surface area contributed by atoms with E-state index in [1.54, 1.807) is 18.2 Å². The number of carbonyl (C=O) groups excluding carboxylic acids is 1. The summed E-state index contributed by atoms with van der Waals surface area (Å²) in [4.78, 5) is 19.5. The molecule has 1 fully saturated rings. The van der Waals surface area contributed by atoms with Gasteiger partial charge in [0.1, 0.15) is 18.2 Å². The highest BCUT2D eigenvalue weighted by Gasteiger charge is 2.24. The predicted molar refractivity (Wildman–Crippen MR) is 133 cm³/mol. The zero-order valence-electron chi connectivity index (χ0n) is 19.4. The molecular weight excluding hydrogens is 443 g/mol. The fraction of sp³-hybridized carbons (Fsp3) is 0.241. The maximum absolute atomic E-state index is 13.4. The number of benzene rings is 3. The Morgan fingerprint density at radius 1 is 1.09 bits per heavy atom. The second-order valence-electron chi connectivity index (χ2n) is 8.85. The summed E-state index contributed by atoms with van der Waals surface area (Å²) in [6, 6.07) is 21.7. The second kappa shape index (κ2) is 10.7. The first kappa shape index (κ1) is 23.0. The van der Waals surface area contributed by atoms with Crippen molar-refractivity contribution in [2.24, 2.45) is 5.92 Å². The summed E-state index contributed by atoms with van der Waals surface area (Å²) in [6.07, 6.45) is 4.52. The van der Waals surface area contributed by atoms with E-state index in [2.05, 4.69) is 23.2 Å². The molecule has 178 valence electrons. The van der Waals surface area contributed by atoms with E-state index >= 15 is 0 Å². The van der Waals surface area contributed by atoms with Crippen LogP contribution in [0.2, 0.25) is 0 Å². The third-order valence-electron chi connectivity index (χ3n) is 6.30. The van der Waals surface area contributed by atoms with Crippen LogP contribution in [0.3, 0.4) is 0 Å². The lowest BCUT2D eigenvalue weighted by Crippen LogP contribution is -2.36. The molecule has 1 aromatic heterocycles. The first-order valence-corrected chi connectivity index (χ1v) is 11.8. The smallest absolute Gasteiger partial charge is 0.254 e. The molecule has 1 aliphatic rings. The van der Waals surface area contributed by atoms with Crippen LogP contribution < -0.4 is 4.74 Å². The molecule has 1 aliphatic heterocycles. The van der Waals surface area contributed by atoms with E-state index in [-0.39, 0.29) is 17.6 Å². The Kier molecular flexibility index (Phi) is 7.00. The number of ether oxygens (including phenoxy) is 2. The highest BCUT2D eigenvalue weighted by molar-refractivity contribution is 5.94. The molecule has 0 saturated carbocycles. The second-order valence-corrected chi connectivity index (χ2v) is 8.85. The van der Waals surface area contributed by atoms with Crippen LogP contribution in [0.4, 0.5) is 4.39 Å². The van der Waals surface area contributed by atoms with Crippen molar-refractivity contribution < 1.29 is 18.7 Å². The molecule has 5 nitrogen and oxygen atoms in total. The first-order valence-electron chi connectivity index (χ1n) is 11.8. The fourth-order valence-electron chi connectivity index (χ4n) is 4.52. The van der Waals surface area contributed by atoms with Gasteiger partial charge in [0.2, 0.25) is 0 Å². The molecule has 5 rings (SSSR count). The molecule has 35 heavy (non-hydrogen) atoms. The zero-order valence-corrected chi connectivity index (χ0v) is 19.4. The molecule has 3 aromatic carbocycles. The van der Waals surface area contributed by atoms with Gasteiger partial charge in [0, 0.05) is 42.4 Å². The van der Waals surface area contributed by atoms with E-state index in [0.29, 0.717) is 44.2 Å². The largest absolute Gasteiger partial charge is 0.489 e. The van der Waals surface area contributed by atoms with Gasteiger partial charge in [-0.25, -0.2) is 4.39 Å². The van der Waals surface area contributed by atoms with Gasteiger partial charge in [-0.3, -0.25) is 9.78 Å². The summed E-state index contributed by atoms with van der Waals surface area (Å²) >= 11 is 0. The van der Waals surface area contributed by atoms with Gasteiger partial charge in [0.25, 0.3) is 5.91 Å². The van der Waals surface area contributed by atoms with Gasteiger partial charge in [0.15, 0.2) is 0 Å². The number of amides is 1. The minimum Gasteiger partial charge on any atom is -0.489 e. The maximum Gasteiger partial charge on any atom is 0.254 e. The van der Waals surface area contributed by atoms with Gasteiger partial charge in [-0.15, -0.1) is 0 Å². The van der Waals surface area contributed by atoms with Crippen LogP contribution in [0, 0.1) is 11.7 Å². The van der Waals surface area contributed by atoms with Crippen LogP contribution in [-0.4, -0.2) is 42.1 Å². The van der Waals surface area contributed by atoms with Crippen LogP contribution in [0.1, 0.15) is 21.5 Å². The number of hydrogen-bond donors (Lipinski definition) is 0. The van der Waals surface area contributed by atoms with Gasteiger partial charge in [-0.1, -0.05) is 36.4 Å². The Balaban J connectivity index is 1.27. The van der Waals surface area contributed by atoms with Gasteiger partial charge >= 0.3 is 0 Å². The molecule has 6 heteroatoms. The van der Waals surface area contributed by atoms with Gasteiger partial charge in [-0.05, 0) is 59.3 Å². The lowest BCUT2D eigenvalue weighted by atomic mass is 9.95. The third-order valence-corrected chi connectivity index (χ3v) is 6.30. The SMILES string of the molecule is O=C(c1cccc(OCc2ccc(F)cc2)c1)N1CCOC[C@@H](Cc2cccc3cnccc23)C1. The van der Waals surface area contributed by atoms with Crippen LogP contribution in [0.5, 0.6) is 5.75 Å². The lowest BCUT2D eigenvalue weighted by Gasteiger charge is -2.24. The Morgan fingerprint density at radius 3 is 2.83 bits per heavy atom. The fourth-order valence-corrected chi connectivity index (χ4v) is 4.52. The summed E-state index contributed by atoms with van der Waals surface area (Å²) in [5.74, 6) is 0.485. The maximum atomic E-state index is 13.4. The molecular formula is C29H27FN2O3. The molecule has 4 aromatic rings. The Labute approximate surface area is 204 Å². The number of aromatic nitrogens is 1. The minimum atomic E-state index is -0.279. The van der Waals surface area contributed by atoms with Crippen molar-refractivity contribution in [1.82, 2.24) is 9.88 Å². The highest BCUT2D eigenvalue weighted by Crippen LogP contribution is 2.23. The molecule has 0 bridgehead atoms. The predicted octanol–water partition coefficient (Wildman–Crippen LogP) is 5.28. The average molecular weight is 471 g/mol. The number of hydrogen-bond acceptors (Lipinski definition) is 4. The molecule has 1 atom stereocenters. The van der Waals surface area contributed by atoms with Crippen molar-refractivity contribution in [3.63, 3.8) is 0 Å². The molecule has 0 spiro atoms. The monoisotopic (exact) mass is 470 g/mol. The van der Waals surface area contributed by atoms with Crippen molar-refractivity contribution in [3.05, 3.63) is 108 Å². The van der Waals surface area contributed by atoms with E-state index in [1.807, 2.05) is 41.6 Å². The Morgan fingerprint density at radius 2 is 1.94 bits per heavy atom. The van der Waals surface area contributed by atoms with Crippen molar-refractivity contribution >= 4 is 16.7 Å². The summed E-state index contributed by atoms with van der Waals surface area (Å²) in [7, 11) is 0. The van der Waals surface area contributed by atoms with Crippen LogP contribution in [0.15, 0.2) is 85.2 Å². The lowest BCUT2D eigenvalue weighted by molar-refractivity contribution is 0.0737. The summed E-state index contributed by atoms with van der Waals surface area (Å²) in [6.45, 7) is 2.61. The summed E-state index contributed by atoms with van der Waals surface area (Å²) in [5, 5.41) is 2.31. The van der Waals surface area contributed by atoms with Gasteiger partial charge < -0.3 is 14.4 Å². The number of fused-ring (bicyclic) bond motifs is 1. The van der Waals surface area contributed by atoms with E-state index in [1.165, 1.54) is 23.1 Å². The van der Waals surface area contributed by atoms with Crippen LogP contribution >= 0.6 is 0 Å². The van der Waals surface area contributed by atoms with E-state index in [9.17, 15) is 9.18 Å². The third kappa shape index (κ3) is 5.66. The quantitative estimate of drug-likeness (QED) is 0.385. The van der Waals surface area contributed by atoms with Gasteiger partial charge in [-0.2, -0.15) is 0 Å². The summed E-state index contributed by atoms with van der Waals surface area (Å²) < 4.78 is 24.8. The number of halogens is 1. The van der Waals surface area contributed by atoms with Crippen molar-refractivity contribution in [2.75, 3.05) is 26.3 Å². The molecule has 0 aliphatic carbocycles. The highest BCUT2D eigenvalue weighted by atomic mass is 19.1. The summed E-state index contributed by atoms with van der Waals surface area (Å²) in [5.41, 5.74) is 2.68. The van der Waals surface area contributed by atoms with Gasteiger partial charge in [0.05, 0.1) is 13.2 Å². The topological polar surface area (TPSA) is 51.7 Å². The number of carbonyl (C=O) groups is 1. The Bertz CT molecular complexity index is 1300.